The number of aromatic nitrogens is 15. The van der Waals surface area contributed by atoms with Crippen molar-refractivity contribution >= 4 is 113 Å². The summed E-state index contributed by atoms with van der Waals surface area (Å²) in [5, 5.41) is 95.3. The second-order valence-corrected chi connectivity index (χ2v) is 34.2. The number of rotatable bonds is 25. The van der Waals surface area contributed by atoms with Crippen LogP contribution in [0.15, 0.2) is 182 Å². The fourth-order valence-electron chi connectivity index (χ4n) is 14.4. The van der Waals surface area contributed by atoms with E-state index in [9.17, 15) is 49.5 Å². The van der Waals surface area contributed by atoms with Gasteiger partial charge in [0.2, 0.25) is 0 Å². The Labute approximate surface area is 752 Å². The molecule has 5 heterocycles. The van der Waals surface area contributed by atoms with Gasteiger partial charge in [0.05, 0.1) is 82.1 Å². The van der Waals surface area contributed by atoms with Crippen LogP contribution in [-0.4, -0.2) is 157 Å². The van der Waals surface area contributed by atoms with Crippen molar-refractivity contribution in [3.63, 3.8) is 0 Å². The van der Waals surface area contributed by atoms with E-state index in [-0.39, 0.29) is 93.7 Å². The number of carbonyl (C=O) groups excluding carboxylic acids is 5. The first-order valence-corrected chi connectivity index (χ1v) is 41.6. The molecule has 0 aliphatic heterocycles. The summed E-state index contributed by atoms with van der Waals surface area (Å²) >= 11 is 0. The van der Waals surface area contributed by atoms with Gasteiger partial charge < -0.3 is 25.5 Å². The van der Waals surface area contributed by atoms with Gasteiger partial charge in [-0.2, -0.15) is 30.0 Å². The highest BCUT2D eigenvalue weighted by Crippen LogP contribution is 2.30. The zero-order valence-corrected chi connectivity index (χ0v) is 75.1. The molecule has 660 valence electrons. The van der Waals surface area contributed by atoms with Gasteiger partial charge in [-0.1, -0.05) is 137 Å². The maximum absolute atomic E-state index is 12.7. The summed E-state index contributed by atoms with van der Waals surface area (Å²) in [5.41, 5.74) is 15.7. The van der Waals surface area contributed by atoms with E-state index in [0.29, 0.717) is 28.4 Å². The van der Waals surface area contributed by atoms with Gasteiger partial charge in [0, 0.05) is 32.1 Å². The minimum atomic E-state index is -1.59. The topological polar surface area (TPSA) is 362 Å². The van der Waals surface area contributed by atoms with E-state index in [1.807, 2.05) is 191 Å². The maximum Gasteiger partial charge on any atom is 0.190 e. The van der Waals surface area contributed by atoms with Crippen molar-refractivity contribution in [1.82, 2.24) is 75.0 Å². The third-order valence-corrected chi connectivity index (χ3v) is 22.2. The molecule has 0 saturated carbocycles. The molecule has 0 aliphatic rings. The summed E-state index contributed by atoms with van der Waals surface area (Å²) in [5.74, 6) is -1.54. The maximum atomic E-state index is 12.7. The summed E-state index contributed by atoms with van der Waals surface area (Å²) in [6.45, 7) is 62.0. The molecule has 15 rings (SSSR count). The summed E-state index contributed by atoms with van der Waals surface area (Å²) in [6.07, 6.45) is 0.464. The van der Waals surface area contributed by atoms with Crippen LogP contribution in [0.4, 0.5) is 28.4 Å². The zero-order chi connectivity index (χ0) is 94.5. The quantitative estimate of drug-likeness (QED) is 0.0332. The first kappa shape index (κ1) is 95.5. The van der Waals surface area contributed by atoms with E-state index in [4.69, 9.17) is 32.9 Å². The molecule has 0 radical (unpaired) electrons. The Morgan fingerprint density at radius 3 is 0.762 bits per heavy atom. The molecular formula is C100H100N20O10. The summed E-state index contributed by atoms with van der Waals surface area (Å²) in [7, 11) is 0. The van der Waals surface area contributed by atoms with Crippen molar-refractivity contribution in [2.24, 2.45) is 0 Å². The Hall–Kier alpha value is -15.2. The summed E-state index contributed by atoms with van der Waals surface area (Å²) in [4.78, 5) is 83.0. The Bertz CT molecular complexity index is 6720. The molecule has 0 fully saturated rings. The van der Waals surface area contributed by atoms with Gasteiger partial charge in [0.15, 0.2) is 57.4 Å². The lowest BCUT2D eigenvalue weighted by molar-refractivity contribution is -0.137. The van der Waals surface area contributed by atoms with Gasteiger partial charge in [0.25, 0.3) is 0 Å². The second kappa shape index (κ2) is 40.2. The molecule has 0 unspecified atom stereocenters. The third kappa shape index (κ3) is 23.9. The van der Waals surface area contributed by atoms with Crippen LogP contribution in [0.5, 0.6) is 0 Å². The van der Waals surface area contributed by atoms with Gasteiger partial charge in [-0.15, -0.1) is 15.3 Å². The lowest BCUT2D eigenvalue weighted by Crippen LogP contribution is -2.41. The number of carbonyl (C=O) groups is 5. The van der Waals surface area contributed by atoms with E-state index in [1.54, 1.807) is 74.7 Å². The van der Waals surface area contributed by atoms with Crippen LogP contribution in [0, 0.1) is 102 Å². The van der Waals surface area contributed by atoms with Crippen LogP contribution in [0.25, 0.3) is 79.4 Å². The number of hydrogen-bond donors (Lipinski definition) is 5. The molecule has 10 aromatic carbocycles. The van der Waals surface area contributed by atoms with Crippen molar-refractivity contribution in [2.45, 2.75) is 197 Å². The smallest absolute Gasteiger partial charge is 0.190 e. The lowest BCUT2D eigenvalue weighted by Gasteiger charge is -2.22. The number of hydrogen-bond acceptors (Lipinski definition) is 20. The normalized spacial score (nSPS) is 13.3. The van der Waals surface area contributed by atoms with Crippen LogP contribution in [0.2, 0.25) is 0 Å². The van der Waals surface area contributed by atoms with Crippen molar-refractivity contribution < 1.29 is 49.5 Å². The molecule has 5 atom stereocenters. The van der Waals surface area contributed by atoms with E-state index >= 15 is 0 Å². The molecule has 30 heteroatoms. The highest BCUT2D eigenvalue weighted by atomic mass is 16.3. The van der Waals surface area contributed by atoms with Crippen LogP contribution in [0.1, 0.15) is 118 Å². The lowest BCUT2D eigenvalue weighted by atomic mass is 9.94. The standard InChI is InChI=1S/5C20H20N4O2/c2*1-13-5-8-18-17(9-13)22-23-24(18)12-20(3,26)19(25)11-15-6-7-16(21-4)14(2)10-15;1-13-5-7-17-18(9-13)24(23-22-17)12-20(3,26)19(25)11-15-6-8-16(21-4)14(2)10-15;2*1-13-5-7-17-18(9-13)23-24(22-17)12-20(3,26)19(25)11-15-6-8-16(21-4)14(2)10-15/h5*5-10,26H,11-12H2,1-3H3/t5*20-/m00000/s1. The fraction of sp³-hybridized carbons (Fsp3) is 0.300. The minimum Gasteiger partial charge on any atom is -0.380 e. The first-order valence-electron chi connectivity index (χ1n) is 41.6. The number of Topliss-reactive ketones (excluding diaryl/α,β-unsaturated/α-hetero) is 5. The first-order chi connectivity index (χ1) is 61.5. The Morgan fingerprint density at radius 2 is 0.492 bits per heavy atom. The van der Waals surface area contributed by atoms with Crippen molar-refractivity contribution in [3.8, 4) is 0 Å². The monoisotopic (exact) mass is 1740 g/mol. The molecule has 5 aromatic heterocycles. The number of nitrogens with zero attached hydrogens (tertiary/aromatic N) is 20. The molecule has 30 nitrogen and oxygen atoms in total. The van der Waals surface area contributed by atoms with Crippen LogP contribution in [-0.2, 0) is 88.8 Å². The van der Waals surface area contributed by atoms with Gasteiger partial charge in [-0.25, -0.2) is 38.3 Å². The number of benzene rings is 10. The van der Waals surface area contributed by atoms with Gasteiger partial charge in [-0.05, 0) is 248 Å². The van der Waals surface area contributed by atoms with Gasteiger partial charge in [-0.3, -0.25) is 24.0 Å². The number of fused-ring (bicyclic) bond motifs is 5. The average Bonchev–Trinajstić information content (AvgIpc) is 1.72. The Balaban J connectivity index is 0.000000157. The molecule has 0 bridgehead atoms. The molecule has 130 heavy (non-hydrogen) atoms. The van der Waals surface area contributed by atoms with Gasteiger partial charge >= 0.3 is 0 Å². The highest BCUT2D eigenvalue weighted by molar-refractivity contribution is 5.92. The molecular weight excluding hydrogens is 1640 g/mol. The number of aliphatic hydroxyl groups is 5. The van der Waals surface area contributed by atoms with E-state index in [0.717, 1.165) is 139 Å². The SMILES string of the molecule is [C-]#[N+]c1ccc(CC(=O)[C@@](C)(O)Cn2nc3ccc(C)cc3n2)cc1C.[C-]#[N+]c1ccc(CC(=O)[C@@](C)(O)Cn2nc3ccc(C)cc3n2)cc1C.[C-]#[N+]c1ccc(CC(=O)[C@@](C)(O)Cn2nnc3cc(C)ccc32)cc1C.[C-]#[N+]c1ccc(CC(=O)[C@@](C)(O)Cn2nnc3cc(C)ccc32)cc1C.[C-]#[N+]c1ccc(CC(=O)[C@@](C)(O)Cn2nnc3ccc(C)cc32)cc1C. The average molecular weight is 1740 g/mol. The highest BCUT2D eigenvalue weighted by Gasteiger charge is 2.37. The summed E-state index contributed by atoms with van der Waals surface area (Å²) < 4.78 is 4.67. The molecule has 5 N–H and O–H groups in total. The predicted octanol–water partition coefficient (Wildman–Crippen LogP) is 15.8. The van der Waals surface area contributed by atoms with Crippen molar-refractivity contribution in [1.29, 1.82) is 0 Å². The number of ketones is 5. The van der Waals surface area contributed by atoms with Crippen LogP contribution >= 0.6 is 0 Å². The van der Waals surface area contributed by atoms with Gasteiger partial charge in [0.1, 0.15) is 66.6 Å². The fourth-order valence-corrected chi connectivity index (χ4v) is 14.4. The molecule has 0 aliphatic carbocycles. The molecule has 15 aromatic rings. The third-order valence-electron chi connectivity index (χ3n) is 22.2. The van der Waals surface area contributed by atoms with Crippen molar-refractivity contribution in [3.05, 3.63) is 323 Å². The number of aryl methyl sites for hydroxylation is 10. The Morgan fingerprint density at radius 1 is 0.269 bits per heavy atom. The minimum absolute atomic E-state index is 0.0152. The second-order valence-electron chi connectivity index (χ2n) is 34.2. The largest absolute Gasteiger partial charge is 0.380 e. The summed E-state index contributed by atoms with van der Waals surface area (Å²) in [6, 6.07) is 55.0. The predicted molar refractivity (Wildman–Crippen MR) is 495 cm³/mol. The van der Waals surface area contributed by atoms with Crippen molar-refractivity contribution in [2.75, 3.05) is 0 Å². The van der Waals surface area contributed by atoms with Crippen LogP contribution < -0.4 is 0 Å². The molecule has 0 spiro atoms. The van der Waals surface area contributed by atoms with Crippen LogP contribution in [0.3, 0.4) is 0 Å². The molecule has 0 saturated heterocycles. The Kier molecular flexibility index (Phi) is 29.5. The van der Waals surface area contributed by atoms with E-state index in [1.165, 1.54) is 44.2 Å². The van der Waals surface area contributed by atoms with E-state index < -0.39 is 28.0 Å². The zero-order valence-electron chi connectivity index (χ0n) is 75.1. The molecule has 0 amide bonds. The van der Waals surface area contributed by atoms with E-state index in [2.05, 4.69) is 75.6 Å².